The minimum atomic E-state index is -4.59. The van der Waals surface area contributed by atoms with Crippen molar-refractivity contribution in [3.05, 3.63) is 46.4 Å². The summed E-state index contributed by atoms with van der Waals surface area (Å²) in [5.74, 6) is -1.84. The summed E-state index contributed by atoms with van der Waals surface area (Å²) in [6, 6.07) is 3.87. The predicted octanol–water partition coefficient (Wildman–Crippen LogP) is 3.83. The lowest BCUT2D eigenvalue weighted by Gasteiger charge is -2.11. The number of guanidine groups is 1. The van der Waals surface area contributed by atoms with Crippen molar-refractivity contribution in [3.8, 4) is 0 Å². The van der Waals surface area contributed by atoms with Gasteiger partial charge in [0.1, 0.15) is 11.5 Å². The van der Waals surface area contributed by atoms with E-state index in [0.717, 1.165) is 12.1 Å². The van der Waals surface area contributed by atoms with Gasteiger partial charge in [-0.2, -0.15) is 18.3 Å². The van der Waals surface area contributed by atoms with Gasteiger partial charge in [0.15, 0.2) is 5.82 Å². The van der Waals surface area contributed by atoms with Crippen LogP contribution in [0.15, 0.2) is 29.3 Å². The number of alkyl halides is 3. The number of hydrogen-bond donors (Lipinski definition) is 3. The molecule has 1 amide bonds. The fraction of sp³-hybridized carbons (Fsp3) is 0.267. The molecule has 0 aliphatic heterocycles. The smallest absolute Gasteiger partial charge is 0.309 e. The van der Waals surface area contributed by atoms with Crippen LogP contribution >= 0.6 is 11.6 Å². The average molecular weight is 392 g/mol. The molecule has 1 aromatic carbocycles. The van der Waals surface area contributed by atoms with Gasteiger partial charge in [0.25, 0.3) is 5.91 Å². The second-order valence-electron chi connectivity index (χ2n) is 5.44. The van der Waals surface area contributed by atoms with Crippen LogP contribution in [-0.4, -0.2) is 28.1 Å². The summed E-state index contributed by atoms with van der Waals surface area (Å²) in [5.41, 5.74) is -1.10. The van der Waals surface area contributed by atoms with Gasteiger partial charge >= 0.3 is 6.18 Å². The molecular formula is C15H14ClF4N5O. The molecule has 0 fully saturated rings. The summed E-state index contributed by atoms with van der Waals surface area (Å²) < 4.78 is 51.3. The molecule has 0 radical (unpaired) electrons. The summed E-state index contributed by atoms with van der Waals surface area (Å²) in [6.07, 6.45) is -4.59. The van der Waals surface area contributed by atoms with Crippen LogP contribution in [0, 0.1) is 5.82 Å². The van der Waals surface area contributed by atoms with Crippen molar-refractivity contribution in [1.29, 1.82) is 0 Å². The second-order valence-corrected chi connectivity index (χ2v) is 5.85. The Kier molecular flexibility index (Phi) is 5.86. The Morgan fingerprint density at radius 3 is 2.54 bits per heavy atom. The van der Waals surface area contributed by atoms with Gasteiger partial charge in [0.2, 0.25) is 5.96 Å². The Morgan fingerprint density at radius 1 is 1.31 bits per heavy atom. The Bertz CT molecular complexity index is 832. The zero-order valence-electron chi connectivity index (χ0n) is 13.6. The van der Waals surface area contributed by atoms with Gasteiger partial charge in [-0.25, -0.2) is 9.38 Å². The number of anilines is 1. The number of benzene rings is 1. The predicted molar refractivity (Wildman–Crippen MR) is 88.7 cm³/mol. The van der Waals surface area contributed by atoms with E-state index in [4.69, 9.17) is 11.6 Å². The van der Waals surface area contributed by atoms with Gasteiger partial charge in [-0.15, -0.1) is 0 Å². The van der Waals surface area contributed by atoms with Crippen molar-refractivity contribution in [2.45, 2.75) is 26.1 Å². The maximum absolute atomic E-state index is 13.5. The van der Waals surface area contributed by atoms with E-state index in [1.165, 1.54) is 12.1 Å². The van der Waals surface area contributed by atoms with E-state index in [0.29, 0.717) is 0 Å². The van der Waals surface area contributed by atoms with Gasteiger partial charge in [0, 0.05) is 17.7 Å². The average Bonchev–Trinajstić information content (AvgIpc) is 2.98. The quantitative estimate of drug-likeness (QED) is 0.422. The third kappa shape index (κ3) is 5.19. The highest BCUT2D eigenvalue weighted by Crippen LogP contribution is 2.28. The number of hydrogen-bond acceptors (Lipinski definition) is 3. The number of carbonyl (C=O) groups is 1. The molecule has 0 saturated heterocycles. The van der Waals surface area contributed by atoms with E-state index in [1.54, 1.807) is 13.8 Å². The van der Waals surface area contributed by atoms with Gasteiger partial charge in [-0.3, -0.25) is 15.2 Å². The summed E-state index contributed by atoms with van der Waals surface area (Å²) in [6.45, 7) is 3.39. The Balaban J connectivity index is 2.18. The largest absolute Gasteiger partial charge is 0.432 e. The van der Waals surface area contributed by atoms with Gasteiger partial charge in [-0.1, -0.05) is 11.6 Å². The number of rotatable bonds is 3. The van der Waals surface area contributed by atoms with Gasteiger partial charge < -0.3 is 5.32 Å². The van der Waals surface area contributed by atoms with E-state index in [2.05, 4.69) is 20.7 Å². The number of aromatic amines is 1. The number of carbonyl (C=O) groups excluding carboxylic acids is 1. The monoisotopic (exact) mass is 391 g/mol. The van der Waals surface area contributed by atoms with Crippen LogP contribution in [0.5, 0.6) is 0 Å². The van der Waals surface area contributed by atoms with Crippen LogP contribution in [0.4, 0.5) is 23.4 Å². The molecule has 0 aliphatic rings. The minimum Gasteiger partial charge on any atom is -0.309 e. The first kappa shape index (κ1) is 19.7. The molecule has 6 nitrogen and oxygen atoms in total. The zero-order chi connectivity index (χ0) is 19.5. The topological polar surface area (TPSA) is 82.2 Å². The van der Waals surface area contributed by atoms with Gasteiger partial charge in [0.05, 0.1) is 5.02 Å². The maximum atomic E-state index is 13.5. The molecule has 2 rings (SSSR count). The first-order valence-electron chi connectivity index (χ1n) is 7.30. The molecule has 140 valence electrons. The van der Waals surface area contributed by atoms with Crippen LogP contribution < -0.4 is 10.6 Å². The number of nitrogens with zero attached hydrogens (tertiary/aromatic N) is 2. The zero-order valence-corrected chi connectivity index (χ0v) is 14.3. The highest BCUT2D eigenvalue weighted by Gasteiger charge is 2.33. The number of H-pyrrole nitrogens is 1. The lowest BCUT2D eigenvalue weighted by Crippen LogP contribution is -2.36. The fourth-order valence-corrected chi connectivity index (χ4v) is 1.94. The normalized spacial score (nSPS) is 12.4. The molecule has 0 saturated carbocycles. The molecule has 1 heterocycles. The molecule has 0 spiro atoms. The number of nitrogens with one attached hydrogen (secondary N) is 3. The highest BCUT2D eigenvalue weighted by atomic mass is 35.5. The molecule has 0 atom stereocenters. The summed E-state index contributed by atoms with van der Waals surface area (Å²) in [5, 5.41) is 10.0. The molecule has 2 aromatic rings. The molecular weight excluding hydrogens is 378 g/mol. The standard InChI is InChI=1S/C15H14ClF4N5O/c1-7(2)21-14(22-12-6-11(24-25-12)15(18,19)20)23-13(26)8-3-4-9(16)10(17)5-8/h3-7H,1-2H3,(H3,21,22,23,24,25,26). The van der Waals surface area contributed by atoms with E-state index in [-0.39, 0.29) is 28.4 Å². The SMILES string of the molecule is CC(C)N=C(NC(=O)c1ccc(Cl)c(F)c1)Nc1cc(C(F)(F)F)[nH]n1. The van der Waals surface area contributed by atoms with Crippen molar-refractivity contribution in [2.24, 2.45) is 4.99 Å². The van der Waals surface area contributed by atoms with Gasteiger partial charge in [-0.05, 0) is 32.0 Å². The van der Waals surface area contributed by atoms with Crippen molar-refractivity contribution in [2.75, 3.05) is 5.32 Å². The van der Waals surface area contributed by atoms with Crippen LogP contribution in [0.3, 0.4) is 0 Å². The summed E-state index contributed by atoms with van der Waals surface area (Å²) in [4.78, 5) is 16.3. The molecule has 0 bridgehead atoms. The minimum absolute atomic E-state index is 0.0387. The number of aliphatic imine (C=N–C) groups is 1. The third-order valence-corrected chi connectivity index (χ3v) is 3.24. The second kappa shape index (κ2) is 7.73. The van der Waals surface area contributed by atoms with Crippen molar-refractivity contribution < 1.29 is 22.4 Å². The summed E-state index contributed by atoms with van der Waals surface area (Å²) >= 11 is 5.56. The van der Waals surface area contributed by atoms with Crippen LogP contribution in [-0.2, 0) is 6.18 Å². The Morgan fingerprint density at radius 2 is 2.00 bits per heavy atom. The maximum Gasteiger partial charge on any atom is 0.432 e. The number of amides is 1. The van der Waals surface area contributed by atoms with E-state index in [1.807, 2.05) is 5.10 Å². The first-order chi connectivity index (χ1) is 12.1. The lowest BCUT2D eigenvalue weighted by molar-refractivity contribution is -0.141. The molecule has 1 aromatic heterocycles. The molecule has 3 N–H and O–H groups in total. The van der Waals surface area contributed by atoms with Crippen molar-refractivity contribution in [3.63, 3.8) is 0 Å². The van der Waals surface area contributed by atoms with Crippen LogP contribution in [0.1, 0.15) is 29.9 Å². The Labute approximate surface area is 150 Å². The lowest BCUT2D eigenvalue weighted by atomic mass is 10.2. The summed E-state index contributed by atoms with van der Waals surface area (Å²) in [7, 11) is 0. The third-order valence-electron chi connectivity index (χ3n) is 2.93. The van der Waals surface area contributed by atoms with E-state index < -0.39 is 23.6 Å². The highest BCUT2D eigenvalue weighted by molar-refractivity contribution is 6.30. The fourth-order valence-electron chi connectivity index (χ4n) is 1.82. The number of halogens is 5. The Hall–Kier alpha value is -2.62. The van der Waals surface area contributed by atoms with Crippen molar-refractivity contribution >= 4 is 29.3 Å². The first-order valence-corrected chi connectivity index (χ1v) is 7.68. The number of aromatic nitrogens is 2. The van der Waals surface area contributed by atoms with Crippen LogP contribution in [0.25, 0.3) is 0 Å². The van der Waals surface area contributed by atoms with Crippen molar-refractivity contribution in [1.82, 2.24) is 15.5 Å². The molecule has 26 heavy (non-hydrogen) atoms. The molecule has 11 heteroatoms. The van der Waals surface area contributed by atoms with Crippen LogP contribution in [0.2, 0.25) is 5.02 Å². The molecule has 0 aliphatic carbocycles. The van der Waals surface area contributed by atoms with E-state index >= 15 is 0 Å². The molecule has 0 unspecified atom stereocenters. The van der Waals surface area contributed by atoms with E-state index in [9.17, 15) is 22.4 Å².